The number of allylic oxidation sites excluding steroid dienone is 3. The standard InChI is InChI=1S/C25H42N3O15P/c1-4-5-6-7-8-17(32)26-9-10-39-24-18(27-13(2)30)22(35)21(34)16(42-24)12-40-44(37,38)43-25-19(28-14(3)31)23(36)20(33)15(11-29)41-25/h4-6,15-16,18-25,29,33-36H,1,7-12H2,2-3H3,(H,26,32)(H,27,30)(H,28,31)(H,37,38)/b6-5+/t15-,16-,18+,19+,20-,21-,22-,23-,24+,25-/m1/s1. The highest BCUT2D eigenvalue weighted by atomic mass is 31.2. The van der Waals surface area contributed by atoms with Gasteiger partial charge in [-0.25, -0.2) is 4.57 Å². The van der Waals surface area contributed by atoms with E-state index in [1.54, 1.807) is 18.2 Å². The number of aliphatic hydroxyl groups is 5. The molecule has 0 radical (unpaired) electrons. The molecule has 2 aliphatic heterocycles. The number of hydrogen-bond donors (Lipinski definition) is 9. The molecule has 2 heterocycles. The molecule has 19 heteroatoms. The first-order chi connectivity index (χ1) is 20.7. The molecule has 3 amide bonds. The Morgan fingerprint density at radius 1 is 0.932 bits per heavy atom. The minimum absolute atomic E-state index is 0.0301. The van der Waals surface area contributed by atoms with Crippen LogP contribution in [-0.4, -0.2) is 136 Å². The molecule has 0 spiro atoms. The molecule has 1 unspecified atom stereocenters. The third kappa shape index (κ3) is 11.6. The smallest absolute Gasteiger partial charge is 0.394 e. The summed E-state index contributed by atoms with van der Waals surface area (Å²) in [6.45, 7) is 3.96. The van der Waals surface area contributed by atoms with Gasteiger partial charge in [-0.3, -0.25) is 23.4 Å². The molecular formula is C25H42N3O15P. The Bertz CT molecular complexity index is 1050. The van der Waals surface area contributed by atoms with Crippen molar-refractivity contribution >= 4 is 25.5 Å². The van der Waals surface area contributed by atoms with Crippen LogP contribution in [0, 0.1) is 0 Å². The van der Waals surface area contributed by atoms with Crippen molar-refractivity contribution in [3.63, 3.8) is 0 Å². The van der Waals surface area contributed by atoms with E-state index in [4.69, 9.17) is 23.3 Å². The zero-order chi connectivity index (χ0) is 33.0. The molecule has 2 rings (SSSR count). The van der Waals surface area contributed by atoms with E-state index in [1.807, 2.05) is 0 Å². The number of amides is 3. The number of ether oxygens (including phenoxy) is 3. The Hall–Kier alpha value is -2.32. The number of rotatable bonds is 16. The summed E-state index contributed by atoms with van der Waals surface area (Å²) in [7, 11) is -5.14. The predicted molar refractivity (Wildman–Crippen MR) is 148 cm³/mol. The van der Waals surface area contributed by atoms with E-state index in [9.17, 15) is 49.4 Å². The molecule has 0 aromatic carbocycles. The average molecular weight is 656 g/mol. The lowest BCUT2D eigenvalue weighted by Crippen LogP contribution is -2.65. The Morgan fingerprint density at radius 2 is 1.50 bits per heavy atom. The minimum Gasteiger partial charge on any atom is -0.394 e. The van der Waals surface area contributed by atoms with E-state index in [2.05, 4.69) is 22.5 Å². The van der Waals surface area contributed by atoms with Crippen LogP contribution in [0.15, 0.2) is 24.8 Å². The maximum absolute atomic E-state index is 12.8. The van der Waals surface area contributed by atoms with Crippen molar-refractivity contribution in [3.05, 3.63) is 24.8 Å². The van der Waals surface area contributed by atoms with Gasteiger partial charge in [-0.2, -0.15) is 0 Å². The van der Waals surface area contributed by atoms with Gasteiger partial charge < -0.3 is 60.6 Å². The second-order valence-electron chi connectivity index (χ2n) is 9.98. The summed E-state index contributed by atoms with van der Waals surface area (Å²) in [5.74, 6) is -1.56. The molecule has 252 valence electrons. The maximum Gasteiger partial charge on any atom is 0.474 e. The predicted octanol–water partition coefficient (Wildman–Crippen LogP) is -3.33. The summed E-state index contributed by atoms with van der Waals surface area (Å²) in [5.41, 5.74) is 0. The normalized spacial score (nSPS) is 33.7. The highest BCUT2D eigenvalue weighted by Crippen LogP contribution is 2.47. The van der Waals surface area contributed by atoms with Crippen LogP contribution >= 0.6 is 7.82 Å². The van der Waals surface area contributed by atoms with Crippen LogP contribution in [0.1, 0.15) is 26.7 Å². The van der Waals surface area contributed by atoms with Gasteiger partial charge in [-0.1, -0.05) is 24.8 Å². The molecule has 0 aromatic heterocycles. The van der Waals surface area contributed by atoms with Gasteiger partial charge in [0, 0.05) is 26.8 Å². The molecule has 0 aliphatic carbocycles. The highest BCUT2D eigenvalue weighted by Gasteiger charge is 2.49. The molecule has 44 heavy (non-hydrogen) atoms. The fraction of sp³-hybridized carbons (Fsp3) is 0.720. The molecule has 11 atom stereocenters. The summed E-state index contributed by atoms with van der Waals surface area (Å²) < 4.78 is 39.1. The third-order valence-electron chi connectivity index (χ3n) is 6.48. The van der Waals surface area contributed by atoms with Crippen LogP contribution in [-0.2, 0) is 42.2 Å². The number of phosphoric acid groups is 1. The van der Waals surface area contributed by atoms with E-state index >= 15 is 0 Å². The van der Waals surface area contributed by atoms with Gasteiger partial charge in [0.2, 0.25) is 17.7 Å². The van der Waals surface area contributed by atoms with Crippen LogP contribution in [0.4, 0.5) is 0 Å². The average Bonchev–Trinajstić information content (AvgIpc) is 2.95. The van der Waals surface area contributed by atoms with Crippen molar-refractivity contribution in [2.24, 2.45) is 0 Å². The van der Waals surface area contributed by atoms with Gasteiger partial charge in [-0.05, 0) is 6.42 Å². The fourth-order valence-corrected chi connectivity index (χ4v) is 5.19. The fourth-order valence-electron chi connectivity index (χ4n) is 4.35. The maximum atomic E-state index is 12.8. The number of phosphoric ester groups is 1. The number of carbonyl (C=O) groups excluding carboxylic acids is 3. The van der Waals surface area contributed by atoms with E-state index in [0.717, 1.165) is 13.8 Å². The van der Waals surface area contributed by atoms with Gasteiger partial charge in [0.15, 0.2) is 12.6 Å². The lowest BCUT2D eigenvalue weighted by atomic mass is 9.97. The van der Waals surface area contributed by atoms with Gasteiger partial charge >= 0.3 is 7.82 Å². The number of carbonyl (C=O) groups is 3. The molecule has 0 aromatic rings. The Morgan fingerprint density at radius 3 is 2.07 bits per heavy atom. The first-order valence-electron chi connectivity index (χ1n) is 13.7. The number of hydrogen-bond acceptors (Lipinski definition) is 14. The van der Waals surface area contributed by atoms with Crippen molar-refractivity contribution in [1.82, 2.24) is 16.0 Å². The third-order valence-corrected chi connectivity index (χ3v) is 7.43. The second kappa shape index (κ2) is 18.0. The van der Waals surface area contributed by atoms with Gasteiger partial charge in [0.25, 0.3) is 0 Å². The molecule has 2 fully saturated rings. The van der Waals surface area contributed by atoms with Gasteiger partial charge in [-0.15, -0.1) is 0 Å². The lowest BCUT2D eigenvalue weighted by molar-refractivity contribution is -0.270. The largest absolute Gasteiger partial charge is 0.474 e. The molecule has 9 N–H and O–H groups in total. The van der Waals surface area contributed by atoms with Crippen LogP contribution in [0.3, 0.4) is 0 Å². The van der Waals surface area contributed by atoms with E-state index in [-0.39, 0.29) is 25.5 Å². The first kappa shape index (κ1) is 37.9. The zero-order valence-electron chi connectivity index (χ0n) is 24.3. The van der Waals surface area contributed by atoms with Crippen LogP contribution < -0.4 is 16.0 Å². The van der Waals surface area contributed by atoms with Crippen LogP contribution in [0.2, 0.25) is 0 Å². The molecule has 2 aliphatic rings. The Labute approximate surface area is 253 Å². The van der Waals surface area contributed by atoms with Crippen molar-refractivity contribution in [1.29, 1.82) is 0 Å². The monoisotopic (exact) mass is 655 g/mol. The summed E-state index contributed by atoms with van der Waals surface area (Å²) in [5, 5.41) is 58.3. The van der Waals surface area contributed by atoms with Crippen molar-refractivity contribution in [3.8, 4) is 0 Å². The van der Waals surface area contributed by atoms with Gasteiger partial charge in [0.05, 0.1) is 19.8 Å². The van der Waals surface area contributed by atoms with Gasteiger partial charge in [0.1, 0.15) is 48.7 Å². The molecule has 2 saturated heterocycles. The zero-order valence-corrected chi connectivity index (χ0v) is 25.2. The topological polar surface area (TPSA) is 272 Å². The Kier molecular flexibility index (Phi) is 15.5. The second-order valence-corrected chi connectivity index (χ2v) is 11.4. The SMILES string of the molecule is C=C/C=C/CCC(=O)NCCO[C@H]1O[C@H](COP(=O)(O)O[C@H]2O[C@H](CO)[C@@H](O)[C@H](O)[C@@H]2NC(C)=O)[C@@H](O)[C@H](O)[C@@H]1NC(C)=O. The molecule has 0 bridgehead atoms. The van der Waals surface area contributed by atoms with Crippen molar-refractivity contribution in [2.45, 2.75) is 88.0 Å². The first-order valence-corrected chi connectivity index (χ1v) is 15.2. The number of aliphatic hydroxyl groups excluding tert-OH is 5. The summed E-state index contributed by atoms with van der Waals surface area (Å²) in [4.78, 5) is 45.6. The summed E-state index contributed by atoms with van der Waals surface area (Å²) >= 11 is 0. The van der Waals surface area contributed by atoms with E-state index in [0.29, 0.717) is 6.42 Å². The van der Waals surface area contributed by atoms with Crippen molar-refractivity contribution < 1.29 is 72.6 Å². The summed E-state index contributed by atoms with van der Waals surface area (Å²) in [6.07, 6.45) is -7.36. The van der Waals surface area contributed by atoms with E-state index < -0.39 is 94.1 Å². The quantitative estimate of drug-likeness (QED) is 0.0447. The Balaban J connectivity index is 2.03. The van der Waals surface area contributed by atoms with E-state index in [1.165, 1.54) is 0 Å². The van der Waals surface area contributed by atoms with Crippen LogP contribution in [0.25, 0.3) is 0 Å². The lowest BCUT2D eigenvalue weighted by Gasteiger charge is -2.43. The summed E-state index contributed by atoms with van der Waals surface area (Å²) in [6, 6.07) is -2.82. The van der Waals surface area contributed by atoms with Crippen molar-refractivity contribution in [2.75, 3.05) is 26.4 Å². The minimum atomic E-state index is -5.14. The molecule has 18 nitrogen and oxygen atoms in total. The number of nitrogens with one attached hydrogen (secondary N) is 3. The molecule has 0 saturated carbocycles. The molecular weight excluding hydrogens is 613 g/mol. The highest BCUT2D eigenvalue weighted by molar-refractivity contribution is 7.47. The van der Waals surface area contributed by atoms with Crippen LogP contribution in [0.5, 0.6) is 0 Å².